The number of amides is 1. The molecule has 2 aliphatic carbocycles. The Bertz CT molecular complexity index is 690. The van der Waals surface area contributed by atoms with Crippen LogP contribution in [0.15, 0.2) is 11.3 Å². The Morgan fingerprint density at radius 2 is 1.79 bits per heavy atom. The van der Waals surface area contributed by atoms with Gasteiger partial charge in [0.25, 0.3) is 0 Å². The van der Waals surface area contributed by atoms with Gasteiger partial charge in [0.2, 0.25) is 5.91 Å². The van der Waals surface area contributed by atoms with E-state index in [2.05, 4.69) is 10.2 Å². The molecule has 5 aliphatic rings. The number of carbonyl (C=O) groups is 1. The van der Waals surface area contributed by atoms with Crippen LogP contribution in [0.5, 0.6) is 0 Å². The van der Waals surface area contributed by atoms with Crippen molar-refractivity contribution in [2.45, 2.75) is 69.7 Å². The van der Waals surface area contributed by atoms with Gasteiger partial charge in [-0.2, -0.15) is 0 Å². The van der Waals surface area contributed by atoms with E-state index in [0.717, 1.165) is 32.4 Å². The van der Waals surface area contributed by atoms with Gasteiger partial charge >= 0.3 is 0 Å². The van der Waals surface area contributed by atoms with Crippen LogP contribution in [0.2, 0.25) is 0 Å². The largest absolute Gasteiger partial charge is 0.378 e. The molecule has 0 radical (unpaired) electrons. The zero-order valence-electron chi connectivity index (χ0n) is 16.8. The summed E-state index contributed by atoms with van der Waals surface area (Å²) in [6.07, 6.45) is 2.82. The first-order valence-corrected chi connectivity index (χ1v) is 11.2. The van der Waals surface area contributed by atoms with Gasteiger partial charge in [-0.3, -0.25) is 9.69 Å². The van der Waals surface area contributed by atoms with Crippen LogP contribution in [0, 0.1) is 23.7 Å². The van der Waals surface area contributed by atoms with Gasteiger partial charge < -0.3 is 30.6 Å². The summed E-state index contributed by atoms with van der Waals surface area (Å²) >= 11 is 0. The van der Waals surface area contributed by atoms with Crippen molar-refractivity contribution in [1.82, 2.24) is 15.1 Å². The minimum absolute atomic E-state index is 0.121. The summed E-state index contributed by atoms with van der Waals surface area (Å²) in [6, 6.07) is -0.241. The number of hydrogen-bond acceptors (Lipinski definition) is 7. The van der Waals surface area contributed by atoms with Crippen molar-refractivity contribution in [3.63, 3.8) is 0 Å². The average Bonchev–Trinajstić information content (AvgIpc) is 3.38. The lowest BCUT2D eigenvalue weighted by Gasteiger charge is -2.39. The monoisotopic (exact) mass is 407 g/mol. The predicted molar refractivity (Wildman–Crippen MR) is 104 cm³/mol. The molecular weight excluding hydrogens is 374 g/mol. The van der Waals surface area contributed by atoms with Crippen LogP contribution < -0.4 is 5.32 Å². The third-order valence-electron chi connectivity index (χ3n) is 7.93. The predicted octanol–water partition coefficient (Wildman–Crippen LogP) is -0.460. The number of nitrogens with one attached hydrogen (secondary N) is 1. The molecule has 162 valence electrons. The van der Waals surface area contributed by atoms with Gasteiger partial charge in [0.15, 0.2) is 6.29 Å². The molecule has 1 amide bonds. The third kappa shape index (κ3) is 3.59. The lowest BCUT2D eigenvalue weighted by molar-refractivity contribution is -0.134. The molecule has 5 N–H and O–H groups in total. The van der Waals surface area contributed by atoms with E-state index in [9.17, 15) is 25.2 Å². The third-order valence-corrected chi connectivity index (χ3v) is 7.93. The van der Waals surface area contributed by atoms with Gasteiger partial charge in [-0.05, 0) is 49.5 Å². The molecule has 0 bridgehead atoms. The van der Waals surface area contributed by atoms with Crippen LogP contribution in [0.3, 0.4) is 0 Å². The molecule has 6 unspecified atom stereocenters. The second-order valence-electron chi connectivity index (χ2n) is 9.71. The Labute approximate surface area is 171 Å². The summed E-state index contributed by atoms with van der Waals surface area (Å²) in [5.74, 6) is 1.61. The van der Waals surface area contributed by atoms with E-state index in [1.54, 1.807) is 0 Å². The molecule has 4 fully saturated rings. The average molecular weight is 408 g/mol. The molecule has 3 heterocycles. The van der Waals surface area contributed by atoms with Crippen LogP contribution in [-0.4, -0.2) is 80.6 Å². The first-order valence-electron chi connectivity index (χ1n) is 11.2. The van der Waals surface area contributed by atoms with Gasteiger partial charge in [-0.15, -0.1) is 0 Å². The minimum atomic E-state index is -1.22. The fourth-order valence-corrected chi connectivity index (χ4v) is 6.34. The van der Waals surface area contributed by atoms with Gasteiger partial charge in [0.1, 0.15) is 12.5 Å². The van der Waals surface area contributed by atoms with E-state index in [4.69, 9.17) is 0 Å². The number of piperidine rings is 2. The molecule has 0 aromatic carbocycles. The lowest BCUT2D eigenvalue weighted by atomic mass is 9.85. The first-order chi connectivity index (χ1) is 13.9. The van der Waals surface area contributed by atoms with Crippen LogP contribution in [0.25, 0.3) is 0 Å². The number of fused-ring (bicyclic) bond motifs is 2. The number of nitrogens with zero attached hydrogens (tertiary/aromatic N) is 2. The summed E-state index contributed by atoms with van der Waals surface area (Å²) in [5, 5.41) is 42.6. The Hall–Kier alpha value is -1.19. The van der Waals surface area contributed by atoms with E-state index in [-0.39, 0.29) is 17.9 Å². The number of hydrogen-bond donors (Lipinski definition) is 5. The number of likely N-dealkylation sites (tertiary alicyclic amines) is 2. The van der Waals surface area contributed by atoms with Gasteiger partial charge in [0, 0.05) is 50.0 Å². The Balaban J connectivity index is 1.34. The summed E-state index contributed by atoms with van der Waals surface area (Å²) in [7, 11) is 0. The number of aliphatic hydroxyl groups excluding tert-OH is 3. The Kier molecular flexibility index (Phi) is 5.11. The second kappa shape index (κ2) is 7.50. The maximum atomic E-state index is 11.6. The summed E-state index contributed by atoms with van der Waals surface area (Å²) in [4.78, 5) is 16.1. The number of rotatable bonds is 4. The summed E-state index contributed by atoms with van der Waals surface area (Å²) in [5.41, 5.74) is 2.76. The Morgan fingerprint density at radius 1 is 1.07 bits per heavy atom. The van der Waals surface area contributed by atoms with Gasteiger partial charge in [-0.25, -0.2) is 0 Å². The quantitative estimate of drug-likeness (QED) is 0.401. The zero-order valence-corrected chi connectivity index (χ0v) is 16.8. The summed E-state index contributed by atoms with van der Waals surface area (Å²) < 4.78 is 0. The first kappa shape index (κ1) is 19.8. The molecule has 5 rings (SSSR count). The smallest absolute Gasteiger partial charge is 0.222 e. The van der Waals surface area contributed by atoms with E-state index >= 15 is 0 Å². The molecule has 1 saturated carbocycles. The molecule has 3 aliphatic heterocycles. The molecular formula is C21H33N3O5. The molecule has 8 heteroatoms. The second-order valence-corrected chi connectivity index (χ2v) is 9.71. The van der Waals surface area contributed by atoms with Gasteiger partial charge in [-0.1, -0.05) is 0 Å². The van der Waals surface area contributed by atoms with E-state index in [1.165, 1.54) is 17.7 Å². The highest BCUT2D eigenvalue weighted by Crippen LogP contribution is 2.58. The topological polar surface area (TPSA) is 117 Å². The van der Waals surface area contributed by atoms with Crippen LogP contribution in [0.1, 0.15) is 44.9 Å². The molecule has 8 nitrogen and oxygen atoms in total. The number of allylic oxidation sites excluding steroid dienone is 1. The van der Waals surface area contributed by atoms with E-state index < -0.39 is 18.7 Å². The van der Waals surface area contributed by atoms with Crippen molar-refractivity contribution in [2.75, 3.05) is 19.6 Å². The molecule has 29 heavy (non-hydrogen) atoms. The highest BCUT2D eigenvalue weighted by molar-refractivity contribution is 5.77. The highest BCUT2D eigenvalue weighted by atomic mass is 16.5. The van der Waals surface area contributed by atoms with Crippen molar-refractivity contribution < 1.29 is 25.2 Å². The van der Waals surface area contributed by atoms with Crippen molar-refractivity contribution in [2.24, 2.45) is 23.7 Å². The molecule has 6 atom stereocenters. The number of aliphatic hydroxyl groups is 4. The van der Waals surface area contributed by atoms with Gasteiger partial charge in [0.05, 0.1) is 6.04 Å². The van der Waals surface area contributed by atoms with Crippen LogP contribution in [-0.2, 0) is 4.79 Å². The van der Waals surface area contributed by atoms with Crippen molar-refractivity contribution in [1.29, 1.82) is 0 Å². The lowest BCUT2D eigenvalue weighted by Crippen LogP contribution is -2.57. The standard InChI is InChI=1S/C21H33N3O5/c25-17-2-1-16(20(28)22-17)24-10-15-14(21(24)29)9-12-8-13(12)19(15)23-5-3-11(4-6-23)7-18(26)27/h11-14,16,18,20-21,26-29H,1-10H2,(H,22,25). The maximum Gasteiger partial charge on any atom is 0.222 e. The zero-order chi connectivity index (χ0) is 20.3. The minimum Gasteiger partial charge on any atom is -0.378 e. The van der Waals surface area contributed by atoms with Crippen LogP contribution in [0.4, 0.5) is 0 Å². The molecule has 0 spiro atoms. The number of carbonyl (C=O) groups excluding carboxylic acids is 1. The van der Waals surface area contributed by atoms with Crippen molar-refractivity contribution in [3.05, 3.63) is 11.3 Å². The fourth-order valence-electron chi connectivity index (χ4n) is 6.34. The SMILES string of the molecule is O=C1CCC(N2CC3=C(N4CCC(CC(O)O)CC4)C4CC4CC3C2O)C(O)N1. The molecule has 0 aromatic heterocycles. The fraction of sp³-hybridized carbons (Fsp3) is 0.857. The van der Waals surface area contributed by atoms with Crippen molar-refractivity contribution in [3.8, 4) is 0 Å². The van der Waals surface area contributed by atoms with Crippen LogP contribution >= 0.6 is 0 Å². The van der Waals surface area contributed by atoms with Crippen molar-refractivity contribution >= 4 is 5.91 Å². The molecule has 0 aromatic rings. The molecule has 3 saturated heterocycles. The normalized spacial score (nSPS) is 40.9. The maximum absolute atomic E-state index is 11.6. The van der Waals surface area contributed by atoms with E-state index in [0.29, 0.717) is 43.6 Å². The highest BCUT2D eigenvalue weighted by Gasteiger charge is 2.55. The summed E-state index contributed by atoms with van der Waals surface area (Å²) in [6.45, 7) is 2.53. The Morgan fingerprint density at radius 3 is 2.48 bits per heavy atom. The van der Waals surface area contributed by atoms with E-state index in [1.807, 2.05) is 4.90 Å².